The van der Waals surface area contributed by atoms with Gasteiger partial charge in [0.05, 0.1) is 23.0 Å². The van der Waals surface area contributed by atoms with Gasteiger partial charge in [-0.05, 0) is 45.3 Å². The van der Waals surface area contributed by atoms with Crippen LogP contribution in [0, 0.1) is 0 Å². The molecule has 1 aliphatic rings. The van der Waals surface area contributed by atoms with E-state index in [1.54, 1.807) is 27.7 Å². The quantitative estimate of drug-likeness (QED) is 0.836. The lowest BCUT2D eigenvalue weighted by molar-refractivity contribution is -0.136. The lowest BCUT2D eigenvalue weighted by Crippen LogP contribution is -2.41. The first kappa shape index (κ1) is 19.1. The van der Waals surface area contributed by atoms with E-state index in [2.05, 4.69) is 0 Å². The molecule has 2 rings (SSSR count). The van der Waals surface area contributed by atoms with E-state index in [4.69, 9.17) is 9.31 Å². The molecule has 0 aromatic heterocycles. The van der Waals surface area contributed by atoms with Crippen LogP contribution in [-0.4, -0.2) is 33.0 Å². The highest BCUT2D eigenvalue weighted by atomic mass is 32.2. The summed E-state index contributed by atoms with van der Waals surface area (Å²) in [5.74, 6) is 0. The Balaban J connectivity index is 2.48. The summed E-state index contributed by atoms with van der Waals surface area (Å²) in [5, 5.41) is 0. The molecular formula is C14H19BF3NO4S. The van der Waals surface area contributed by atoms with E-state index < -0.39 is 40.1 Å². The first-order valence-electron chi connectivity index (χ1n) is 7.17. The van der Waals surface area contributed by atoms with Gasteiger partial charge < -0.3 is 9.31 Å². The van der Waals surface area contributed by atoms with Crippen molar-refractivity contribution in [3.8, 4) is 0 Å². The first-order chi connectivity index (χ1) is 10.6. The minimum absolute atomic E-state index is 0.176. The summed E-state index contributed by atoms with van der Waals surface area (Å²) < 4.78 is 76.1. The van der Waals surface area contributed by atoms with E-state index >= 15 is 0 Å². The van der Waals surface area contributed by atoms with Gasteiger partial charge in [-0.2, -0.15) is 13.2 Å². The summed E-state index contributed by atoms with van der Waals surface area (Å²) in [6.07, 6.45) is -3.82. The number of hydrogen-bond acceptors (Lipinski definition) is 4. The Labute approximate surface area is 139 Å². The molecule has 0 amide bonds. The molecule has 5 nitrogen and oxygen atoms in total. The summed E-state index contributed by atoms with van der Waals surface area (Å²) in [5.41, 5.74) is -2.95. The van der Waals surface area contributed by atoms with Gasteiger partial charge in [0.25, 0.3) is 0 Å². The highest BCUT2D eigenvalue weighted by Gasteiger charge is 2.53. The molecule has 10 heteroatoms. The van der Waals surface area contributed by atoms with Crippen molar-refractivity contribution in [2.45, 2.75) is 45.1 Å². The van der Waals surface area contributed by atoms with Crippen LogP contribution in [-0.2, 0) is 25.5 Å². The second kappa shape index (κ2) is 5.64. The number of sulfonamides is 1. The molecule has 1 aliphatic heterocycles. The fourth-order valence-corrected chi connectivity index (χ4v) is 2.81. The third-order valence-corrected chi connectivity index (χ3v) is 4.78. The summed E-state index contributed by atoms with van der Waals surface area (Å²) in [6.45, 7) is 6.94. The molecule has 0 unspecified atom stereocenters. The molecule has 1 aromatic carbocycles. The molecule has 0 spiro atoms. The zero-order valence-electron chi connectivity index (χ0n) is 14.0. The predicted octanol–water partition coefficient (Wildman–Crippen LogP) is 2.38. The van der Waals surface area contributed by atoms with E-state index in [0.717, 1.165) is 12.3 Å². The summed E-state index contributed by atoms with van der Waals surface area (Å²) in [7, 11) is -4.88. The number of halogens is 3. The minimum Gasteiger partial charge on any atom is -0.399 e. The fourth-order valence-electron chi connectivity index (χ4n) is 2.25. The average molecular weight is 365 g/mol. The second-order valence-corrected chi connectivity index (χ2v) is 8.51. The Morgan fingerprint density at radius 3 is 2.00 bits per heavy atom. The van der Waals surface area contributed by atoms with Gasteiger partial charge in [0, 0.05) is 5.69 Å². The van der Waals surface area contributed by atoms with Gasteiger partial charge in [-0.1, -0.05) is 6.07 Å². The molecule has 0 saturated carbocycles. The van der Waals surface area contributed by atoms with Crippen molar-refractivity contribution in [3.05, 3.63) is 23.8 Å². The largest absolute Gasteiger partial charge is 0.495 e. The second-order valence-electron chi connectivity index (χ2n) is 6.76. The molecule has 1 aromatic rings. The molecule has 1 fully saturated rings. The van der Waals surface area contributed by atoms with Crippen molar-refractivity contribution in [1.29, 1.82) is 0 Å². The van der Waals surface area contributed by atoms with Crippen molar-refractivity contribution in [1.82, 2.24) is 0 Å². The number of anilines is 1. The average Bonchev–Trinajstić information content (AvgIpc) is 2.55. The van der Waals surface area contributed by atoms with E-state index in [1.807, 2.05) is 4.72 Å². The standard InChI is InChI=1S/C14H19BF3NO4S/c1-12(2)13(3,4)23-15(22-12)11-7-6-9(19-24(5,20)21)8-10(11)14(16,17)18/h6-8,19H,1-5H3. The van der Waals surface area contributed by atoms with Crippen LogP contribution < -0.4 is 10.2 Å². The Kier molecular flexibility index (Phi) is 4.48. The van der Waals surface area contributed by atoms with Gasteiger partial charge in [-0.25, -0.2) is 8.42 Å². The summed E-state index contributed by atoms with van der Waals surface area (Å²) >= 11 is 0. The molecule has 1 saturated heterocycles. The highest BCUT2D eigenvalue weighted by molar-refractivity contribution is 7.92. The van der Waals surface area contributed by atoms with Gasteiger partial charge in [-0.3, -0.25) is 4.72 Å². The maximum absolute atomic E-state index is 13.4. The molecule has 1 N–H and O–H groups in total. The van der Waals surface area contributed by atoms with Crippen molar-refractivity contribution in [3.63, 3.8) is 0 Å². The molecule has 0 atom stereocenters. The lowest BCUT2D eigenvalue weighted by atomic mass is 9.75. The van der Waals surface area contributed by atoms with Crippen molar-refractivity contribution >= 4 is 28.3 Å². The van der Waals surface area contributed by atoms with E-state index in [0.29, 0.717) is 0 Å². The number of alkyl halides is 3. The van der Waals surface area contributed by atoms with Crippen molar-refractivity contribution < 1.29 is 30.9 Å². The molecular weight excluding hydrogens is 346 g/mol. The van der Waals surface area contributed by atoms with Crippen LogP contribution >= 0.6 is 0 Å². The monoisotopic (exact) mass is 365 g/mol. The predicted molar refractivity (Wildman–Crippen MR) is 85.6 cm³/mol. The summed E-state index contributed by atoms with van der Waals surface area (Å²) in [6, 6.07) is 3.15. The van der Waals surface area contributed by atoms with Crippen molar-refractivity contribution in [2.75, 3.05) is 11.0 Å². The van der Waals surface area contributed by atoms with Crippen LogP contribution in [0.25, 0.3) is 0 Å². The van der Waals surface area contributed by atoms with Gasteiger partial charge in [0.1, 0.15) is 0 Å². The maximum Gasteiger partial charge on any atom is 0.495 e. The summed E-state index contributed by atoms with van der Waals surface area (Å²) in [4.78, 5) is 0. The topological polar surface area (TPSA) is 64.6 Å². The number of benzene rings is 1. The van der Waals surface area contributed by atoms with E-state index in [9.17, 15) is 21.6 Å². The highest BCUT2D eigenvalue weighted by Crippen LogP contribution is 2.38. The molecule has 0 aliphatic carbocycles. The van der Waals surface area contributed by atoms with Gasteiger partial charge in [0.15, 0.2) is 0 Å². The SMILES string of the molecule is CC1(C)OB(c2ccc(NS(C)(=O)=O)cc2C(F)(F)F)OC1(C)C. The Hall–Kier alpha value is -1.26. The van der Waals surface area contributed by atoms with Gasteiger partial charge in [-0.15, -0.1) is 0 Å². The molecule has 1 heterocycles. The van der Waals surface area contributed by atoms with Crippen LogP contribution in [0.1, 0.15) is 33.3 Å². The Morgan fingerprint density at radius 2 is 1.58 bits per heavy atom. The zero-order chi connectivity index (χ0) is 18.6. The van der Waals surface area contributed by atoms with Crippen LogP contribution in [0.3, 0.4) is 0 Å². The van der Waals surface area contributed by atoms with E-state index in [1.165, 1.54) is 12.1 Å². The van der Waals surface area contributed by atoms with Crippen LogP contribution in [0.15, 0.2) is 18.2 Å². The van der Waals surface area contributed by atoms with Crippen LogP contribution in [0.5, 0.6) is 0 Å². The van der Waals surface area contributed by atoms with E-state index in [-0.39, 0.29) is 11.2 Å². The number of nitrogens with one attached hydrogen (secondary N) is 1. The normalized spacial score (nSPS) is 20.2. The molecule has 0 bridgehead atoms. The van der Waals surface area contributed by atoms with Crippen molar-refractivity contribution in [2.24, 2.45) is 0 Å². The number of rotatable bonds is 3. The molecule has 134 valence electrons. The van der Waals surface area contributed by atoms with Crippen LogP contribution in [0.2, 0.25) is 0 Å². The number of hydrogen-bond donors (Lipinski definition) is 1. The third-order valence-electron chi connectivity index (χ3n) is 4.17. The maximum atomic E-state index is 13.4. The first-order valence-corrected chi connectivity index (χ1v) is 9.06. The lowest BCUT2D eigenvalue weighted by Gasteiger charge is -2.32. The Morgan fingerprint density at radius 1 is 1.08 bits per heavy atom. The molecule has 24 heavy (non-hydrogen) atoms. The fraction of sp³-hybridized carbons (Fsp3) is 0.571. The zero-order valence-corrected chi connectivity index (χ0v) is 14.8. The third kappa shape index (κ3) is 3.86. The smallest absolute Gasteiger partial charge is 0.399 e. The molecule has 0 radical (unpaired) electrons. The van der Waals surface area contributed by atoms with Gasteiger partial charge >= 0.3 is 13.3 Å². The van der Waals surface area contributed by atoms with Crippen LogP contribution in [0.4, 0.5) is 18.9 Å². The van der Waals surface area contributed by atoms with Gasteiger partial charge in [0.2, 0.25) is 10.0 Å². The minimum atomic E-state index is -4.69. The Bertz CT molecular complexity index is 731.